The molecule has 4 heterocycles. The minimum absolute atomic E-state index is 0.00835. The quantitative estimate of drug-likeness (QED) is 0.746. The van der Waals surface area contributed by atoms with Crippen LogP contribution < -0.4 is 5.32 Å². The molecule has 120 valence electrons. The highest BCUT2D eigenvalue weighted by atomic mass is 32.1. The number of thiocarbonyl (C=S) groups is 1. The van der Waals surface area contributed by atoms with Crippen molar-refractivity contribution in [2.24, 2.45) is 0 Å². The number of hydrogen-bond acceptors (Lipinski definition) is 3. The van der Waals surface area contributed by atoms with E-state index in [1.54, 1.807) is 6.20 Å². The van der Waals surface area contributed by atoms with Crippen LogP contribution in [0.5, 0.6) is 0 Å². The van der Waals surface area contributed by atoms with Crippen molar-refractivity contribution in [1.82, 2.24) is 24.8 Å². The van der Waals surface area contributed by atoms with Crippen molar-refractivity contribution in [3.63, 3.8) is 0 Å². The standard InChI is InChI=1S/C18H17N5S/c1-22-17(16(21-18(22)24)14-7-2-3-10-20-14)15-8-5-11-23(15)13-6-4-9-19-12-13/h2-12,16-17H,1H3,(H,21,24)/t16-,17+/m1/s1. The average Bonchev–Trinajstić information content (AvgIpc) is 3.22. The lowest BCUT2D eigenvalue weighted by molar-refractivity contribution is 0.357. The Bertz CT molecular complexity index is 846. The molecule has 6 heteroatoms. The van der Waals surface area contributed by atoms with Crippen LogP contribution in [0, 0.1) is 0 Å². The first-order valence-corrected chi connectivity index (χ1v) is 8.18. The summed E-state index contributed by atoms with van der Waals surface area (Å²) >= 11 is 5.50. The van der Waals surface area contributed by atoms with Crippen LogP contribution in [0.4, 0.5) is 0 Å². The molecule has 0 saturated carbocycles. The molecule has 0 radical (unpaired) electrons. The van der Waals surface area contributed by atoms with Crippen LogP contribution in [0.15, 0.2) is 67.3 Å². The Morgan fingerprint density at radius 1 is 1.08 bits per heavy atom. The molecule has 0 aliphatic carbocycles. The summed E-state index contributed by atoms with van der Waals surface area (Å²) in [6.07, 6.45) is 7.51. The number of nitrogens with zero attached hydrogens (tertiary/aromatic N) is 4. The molecule has 0 spiro atoms. The first-order chi connectivity index (χ1) is 11.8. The van der Waals surface area contributed by atoms with Crippen molar-refractivity contribution in [2.45, 2.75) is 12.1 Å². The van der Waals surface area contributed by atoms with E-state index in [0.717, 1.165) is 22.2 Å². The second-order valence-electron chi connectivity index (χ2n) is 5.75. The van der Waals surface area contributed by atoms with Crippen molar-refractivity contribution in [3.8, 4) is 5.69 Å². The van der Waals surface area contributed by atoms with Crippen LogP contribution in [-0.4, -0.2) is 31.6 Å². The lowest BCUT2D eigenvalue weighted by Crippen LogP contribution is -2.25. The number of likely N-dealkylation sites (N-methyl/N-ethyl adjacent to an activating group) is 1. The summed E-state index contributed by atoms with van der Waals surface area (Å²) in [6.45, 7) is 0. The Labute approximate surface area is 146 Å². The molecule has 3 aromatic rings. The largest absolute Gasteiger partial charge is 0.352 e. The highest BCUT2D eigenvalue weighted by Crippen LogP contribution is 2.38. The molecule has 0 bridgehead atoms. The zero-order valence-electron chi connectivity index (χ0n) is 13.2. The minimum Gasteiger partial charge on any atom is -0.352 e. The third-order valence-corrected chi connectivity index (χ3v) is 4.75. The van der Waals surface area contributed by atoms with E-state index in [2.05, 4.69) is 37.0 Å². The maximum atomic E-state index is 5.50. The van der Waals surface area contributed by atoms with Crippen LogP contribution in [0.1, 0.15) is 23.5 Å². The molecule has 5 nitrogen and oxygen atoms in total. The molecule has 1 N–H and O–H groups in total. The molecular formula is C18H17N5S. The van der Waals surface area contributed by atoms with E-state index < -0.39 is 0 Å². The predicted octanol–water partition coefficient (Wildman–Crippen LogP) is 2.87. The molecule has 0 amide bonds. The van der Waals surface area contributed by atoms with Crippen LogP contribution in [0.3, 0.4) is 0 Å². The maximum Gasteiger partial charge on any atom is 0.169 e. The van der Waals surface area contributed by atoms with E-state index >= 15 is 0 Å². The van der Waals surface area contributed by atoms with Crippen LogP contribution in [0.25, 0.3) is 5.69 Å². The summed E-state index contributed by atoms with van der Waals surface area (Å²) in [5.41, 5.74) is 3.16. The van der Waals surface area contributed by atoms with E-state index in [9.17, 15) is 0 Å². The Kier molecular flexibility index (Phi) is 3.74. The molecule has 1 aliphatic rings. The number of aromatic nitrogens is 3. The van der Waals surface area contributed by atoms with Crippen molar-refractivity contribution in [3.05, 3.63) is 78.6 Å². The van der Waals surface area contributed by atoms with E-state index in [1.807, 2.05) is 55.8 Å². The molecule has 0 aromatic carbocycles. The van der Waals surface area contributed by atoms with Gasteiger partial charge in [0.15, 0.2) is 5.11 Å². The van der Waals surface area contributed by atoms with Crippen LogP contribution in [-0.2, 0) is 0 Å². The third-order valence-electron chi connectivity index (χ3n) is 4.35. The van der Waals surface area contributed by atoms with Crippen molar-refractivity contribution in [1.29, 1.82) is 0 Å². The second kappa shape index (κ2) is 6.05. The van der Waals surface area contributed by atoms with Crippen LogP contribution >= 0.6 is 12.2 Å². The second-order valence-corrected chi connectivity index (χ2v) is 6.14. The Hall–Kier alpha value is -2.73. The highest BCUT2D eigenvalue weighted by molar-refractivity contribution is 7.80. The number of hydrogen-bond donors (Lipinski definition) is 1. The van der Waals surface area contributed by atoms with Gasteiger partial charge in [-0.3, -0.25) is 9.97 Å². The van der Waals surface area contributed by atoms with Gasteiger partial charge in [-0.25, -0.2) is 0 Å². The summed E-state index contributed by atoms with van der Waals surface area (Å²) in [4.78, 5) is 10.8. The fourth-order valence-corrected chi connectivity index (χ4v) is 3.44. The lowest BCUT2D eigenvalue weighted by atomic mass is 10.0. The number of pyridine rings is 2. The van der Waals surface area contributed by atoms with Gasteiger partial charge in [0.1, 0.15) is 0 Å². The topological polar surface area (TPSA) is 46.0 Å². The zero-order valence-corrected chi connectivity index (χ0v) is 14.0. The van der Waals surface area contributed by atoms with Crippen molar-refractivity contribution in [2.75, 3.05) is 7.05 Å². The molecular weight excluding hydrogens is 318 g/mol. The molecule has 4 rings (SSSR count). The van der Waals surface area contributed by atoms with E-state index in [0.29, 0.717) is 0 Å². The average molecular weight is 335 g/mol. The van der Waals surface area contributed by atoms with E-state index in [-0.39, 0.29) is 12.1 Å². The predicted molar refractivity (Wildman–Crippen MR) is 96.8 cm³/mol. The van der Waals surface area contributed by atoms with Gasteiger partial charge in [-0.05, 0) is 48.6 Å². The Balaban J connectivity index is 1.80. The monoisotopic (exact) mass is 335 g/mol. The van der Waals surface area contributed by atoms with Gasteiger partial charge in [0.25, 0.3) is 0 Å². The summed E-state index contributed by atoms with van der Waals surface area (Å²) in [5.74, 6) is 0. The summed E-state index contributed by atoms with van der Waals surface area (Å²) in [6, 6.07) is 14.2. The molecule has 2 atom stereocenters. The van der Waals surface area contributed by atoms with Gasteiger partial charge < -0.3 is 14.8 Å². The van der Waals surface area contributed by atoms with Gasteiger partial charge in [-0.1, -0.05) is 6.07 Å². The summed E-state index contributed by atoms with van der Waals surface area (Å²) in [7, 11) is 2.02. The molecule has 0 unspecified atom stereocenters. The Morgan fingerprint density at radius 3 is 2.75 bits per heavy atom. The van der Waals surface area contributed by atoms with Gasteiger partial charge in [0.05, 0.1) is 29.7 Å². The lowest BCUT2D eigenvalue weighted by Gasteiger charge is -2.25. The molecule has 3 aromatic heterocycles. The van der Waals surface area contributed by atoms with Gasteiger partial charge in [0, 0.05) is 31.3 Å². The first kappa shape index (κ1) is 14.8. The van der Waals surface area contributed by atoms with Crippen molar-refractivity contribution < 1.29 is 0 Å². The number of rotatable bonds is 3. The third kappa shape index (κ3) is 2.45. The molecule has 1 aliphatic heterocycles. The van der Waals surface area contributed by atoms with E-state index in [1.165, 1.54) is 0 Å². The van der Waals surface area contributed by atoms with Gasteiger partial charge in [-0.2, -0.15) is 0 Å². The number of nitrogens with one attached hydrogen (secondary N) is 1. The minimum atomic E-state index is 0.00835. The molecule has 1 saturated heterocycles. The molecule has 24 heavy (non-hydrogen) atoms. The SMILES string of the molecule is CN1C(=S)N[C@H](c2ccccn2)[C@@H]1c1cccn1-c1cccnc1. The smallest absolute Gasteiger partial charge is 0.169 e. The maximum absolute atomic E-state index is 5.50. The van der Waals surface area contributed by atoms with Crippen LogP contribution in [0.2, 0.25) is 0 Å². The summed E-state index contributed by atoms with van der Waals surface area (Å²) in [5, 5.41) is 4.13. The van der Waals surface area contributed by atoms with Gasteiger partial charge in [0.2, 0.25) is 0 Å². The molecule has 1 fully saturated rings. The van der Waals surface area contributed by atoms with Crippen molar-refractivity contribution >= 4 is 17.3 Å². The fourth-order valence-electron chi connectivity index (χ4n) is 3.20. The zero-order chi connectivity index (χ0) is 16.5. The highest BCUT2D eigenvalue weighted by Gasteiger charge is 2.39. The summed E-state index contributed by atoms with van der Waals surface area (Å²) < 4.78 is 2.15. The Morgan fingerprint density at radius 2 is 2.00 bits per heavy atom. The first-order valence-electron chi connectivity index (χ1n) is 7.77. The van der Waals surface area contributed by atoms with Gasteiger partial charge >= 0.3 is 0 Å². The normalized spacial score (nSPS) is 20.2. The fraction of sp³-hybridized carbons (Fsp3) is 0.167. The van der Waals surface area contributed by atoms with E-state index in [4.69, 9.17) is 12.2 Å². The van der Waals surface area contributed by atoms with Gasteiger partial charge in [-0.15, -0.1) is 0 Å².